The molecule has 0 radical (unpaired) electrons. The Morgan fingerprint density at radius 2 is 2.19 bits per heavy atom. The van der Waals surface area contributed by atoms with Gasteiger partial charge < -0.3 is 5.11 Å². The number of aliphatic hydroxyl groups is 1. The lowest BCUT2D eigenvalue weighted by atomic mass is 10.0. The summed E-state index contributed by atoms with van der Waals surface area (Å²) in [7, 11) is 0. The van der Waals surface area contributed by atoms with E-state index >= 15 is 0 Å². The van der Waals surface area contributed by atoms with Gasteiger partial charge >= 0.3 is 0 Å². The van der Waals surface area contributed by atoms with E-state index in [-0.39, 0.29) is 12.0 Å². The van der Waals surface area contributed by atoms with E-state index in [1.54, 1.807) is 6.07 Å². The standard InChI is InChI=1S/C12H13BrF2O/c1-2-12(14,15)9-5-3-7-8(11(9)13)4-6-10(7)16/h3,5,10,16H,2,4,6H2,1H3. The highest BCUT2D eigenvalue weighted by Crippen LogP contribution is 2.43. The molecule has 0 fully saturated rings. The Kier molecular flexibility index (Phi) is 3.05. The summed E-state index contributed by atoms with van der Waals surface area (Å²) in [5, 5.41) is 9.65. The number of benzene rings is 1. The van der Waals surface area contributed by atoms with Gasteiger partial charge in [-0.3, -0.25) is 0 Å². The molecule has 0 amide bonds. The largest absolute Gasteiger partial charge is 0.388 e. The molecule has 1 nitrogen and oxygen atoms in total. The van der Waals surface area contributed by atoms with Crippen molar-refractivity contribution in [2.45, 2.75) is 38.2 Å². The molecule has 0 bridgehead atoms. The Morgan fingerprint density at radius 3 is 2.81 bits per heavy atom. The molecule has 0 saturated carbocycles. The average Bonchev–Trinajstić information content (AvgIpc) is 2.62. The van der Waals surface area contributed by atoms with Gasteiger partial charge in [0, 0.05) is 16.5 Å². The molecule has 1 aliphatic carbocycles. The molecule has 0 aromatic heterocycles. The maximum Gasteiger partial charge on any atom is 0.274 e. The van der Waals surface area contributed by atoms with E-state index in [1.807, 2.05) is 0 Å². The van der Waals surface area contributed by atoms with Gasteiger partial charge in [-0.2, -0.15) is 0 Å². The molecule has 1 atom stereocenters. The van der Waals surface area contributed by atoms with Crippen LogP contribution >= 0.6 is 15.9 Å². The predicted molar refractivity (Wildman–Crippen MR) is 61.6 cm³/mol. The highest BCUT2D eigenvalue weighted by molar-refractivity contribution is 9.10. The van der Waals surface area contributed by atoms with Gasteiger partial charge in [0.25, 0.3) is 5.92 Å². The van der Waals surface area contributed by atoms with Crippen LogP contribution in [0.2, 0.25) is 0 Å². The summed E-state index contributed by atoms with van der Waals surface area (Å²) in [6, 6.07) is 3.04. The monoisotopic (exact) mass is 290 g/mol. The van der Waals surface area contributed by atoms with Crippen molar-refractivity contribution in [2.24, 2.45) is 0 Å². The van der Waals surface area contributed by atoms with E-state index in [0.717, 1.165) is 11.1 Å². The molecule has 4 heteroatoms. The van der Waals surface area contributed by atoms with E-state index in [4.69, 9.17) is 0 Å². The Balaban J connectivity index is 2.53. The molecule has 1 unspecified atom stereocenters. The van der Waals surface area contributed by atoms with Gasteiger partial charge in [-0.15, -0.1) is 0 Å². The predicted octanol–water partition coefficient (Wildman–Crippen LogP) is 3.93. The van der Waals surface area contributed by atoms with E-state index in [9.17, 15) is 13.9 Å². The molecule has 0 heterocycles. The molecular formula is C12H13BrF2O. The first kappa shape index (κ1) is 12.0. The third kappa shape index (κ3) is 1.78. The molecular weight excluding hydrogens is 278 g/mol. The molecule has 1 N–H and O–H groups in total. The Hall–Kier alpha value is -0.480. The van der Waals surface area contributed by atoms with E-state index in [2.05, 4.69) is 15.9 Å². The van der Waals surface area contributed by atoms with Crippen molar-refractivity contribution in [3.8, 4) is 0 Å². The first-order valence-electron chi connectivity index (χ1n) is 5.35. The molecule has 88 valence electrons. The lowest BCUT2D eigenvalue weighted by Crippen LogP contribution is -2.13. The highest BCUT2D eigenvalue weighted by Gasteiger charge is 2.34. The summed E-state index contributed by atoms with van der Waals surface area (Å²) in [5.74, 6) is -2.80. The molecule has 1 aromatic rings. The zero-order valence-corrected chi connectivity index (χ0v) is 10.5. The van der Waals surface area contributed by atoms with Crippen LogP contribution in [-0.2, 0) is 12.3 Å². The van der Waals surface area contributed by atoms with Gasteiger partial charge in [0.2, 0.25) is 0 Å². The fourth-order valence-corrected chi connectivity index (χ4v) is 2.96. The number of fused-ring (bicyclic) bond motifs is 1. The topological polar surface area (TPSA) is 20.2 Å². The second-order valence-corrected chi connectivity index (χ2v) is 4.90. The highest BCUT2D eigenvalue weighted by atomic mass is 79.9. The first-order chi connectivity index (χ1) is 7.47. The Labute approximate surface area is 102 Å². The number of rotatable bonds is 2. The van der Waals surface area contributed by atoms with Crippen LogP contribution in [0.3, 0.4) is 0 Å². The molecule has 0 saturated heterocycles. The second-order valence-electron chi connectivity index (χ2n) is 4.11. The quantitative estimate of drug-likeness (QED) is 0.875. The van der Waals surface area contributed by atoms with Gasteiger partial charge in [0.05, 0.1) is 6.10 Å². The van der Waals surface area contributed by atoms with Crippen molar-refractivity contribution in [1.82, 2.24) is 0 Å². The Bertz CT molecular complexity index is 418. The lowest BCUT2D eigenvalue weighted by Gasteiger charge is -2.18. The summed E-state index contributed by atoms with van der Waals surface area (Å²) >= 11 is 3.25. The first-order valence-corrected chi connectivity index (χ1v) is 6.14. The summed E-state index contributed by atoms with van der Waals surface area (Å²) in [6.45, 7) is 1.47. The smallest absolute Gasteiger partial charge is 0.274 e. The number of aliphatic hydroxyl groups excluding tert-OH is 1. The summed E-state index contributed by atoms with van der Waals surface area (Å²) in [4.78, 5) is 0. The number of hydrogen-bond donors (Lipinski definition) is 1. The molecule has 0 spiro atoms. The fraction of sp³-hybridized carbons (Fsp3) is 0.500. The van der Waals surface area contributed by atoms with Gasteiger partial charge in [0.1, 0.15) is 0 Å². The van der Waals surface area contributed by atoms with Crippen molar-refractivity contribution >= 4 is 15.9 Å². The van der Waals surface area contributed by atoms with Crippen molar-refractivity contribution in [1.29, 1.82) is 0 Å². The SMILES string of the molecule is CCC(F)(F)c1ccc2c(c1Br)CCC2O. The maximum absolute atomic E-state index is 13.6. The van der Waals surface area contributed by atoms with Crippen molar-refractivity contribution in [3.05, 3.63) is 33.3 Å². The second kappa shape index (κ2) is 4.08. The number of alkyl halides is 2. The maximum atomic E-state index is 13.6. The van der Waals surface area contributed by atoms with Crippen LogP contribution in [0.15, 0.2) is 16.6 Å². The zero-order chi connectivity index (χ0) is 11.9. The number of hydrogen-bond acceptors (Lipinski definition) is 1. The molecule has 16 heavy (non-hydrogen) atoms. The molecule has 1 aliphatic rings. The van der Waals surface area contributed by atoms with E-state index in [1.165, 1.54) is 13.0 Å². The molecule has 0 aliphatic heterocycles. The van der Waals surface area contributed by atoms with Crippen LogP contribution in [-0.4, -0.2) is 5.11 Å². The van der Waals surface area contributed by atoms with Crippen LogP contribution in [0.1, 0.15) is 42.6 Å². The van der Waals surface area contributed by atoms with Gasteiger partial charge in [-0.1, -0.05) is 19.1 Å². The minimum absolute atomic E-state index is 0.0304. The zero-order valence-electron chi connectivity index (χ0n) is 8.93. The van der Waals surface area contributed by atoms with E-state index < -0.39 is 12.0 Å². The van der Waals surface area contributed by atoms with Gasteiger partial charge in [0.15, 0.2) is 0 Å². The van der Waals surface area contributed by atoms with Crippen molar-refractivity contribution in [2.75, 3.05) is 0 Å². The normalized spacial score (nSPS) is 19.9. The third-order valence-corrected chi connectivity index (χ3v) is 4.05. The van der Waals surface area contributed by atoms with Gasteiger partial charge in [-0.05, 0) is 39.9 Å². The summed E-state index contributed by atoms with van der Waals surface area (Å²) in [5.41, 5.74) is 1.64. The van der Waals surface area contributed by atoms with Crippen LogP contribution in [0.5, 0.6) is 0 Å². The fourth-order valence-electron chi connectivity index (χ4n) is 2.11. The summed E-state index contributed by atoms with van der Waals surface area (Å²) < 4.78 is 27.7. The number of halogens is 3. The minimum atomic E-state index is -2.80. The van der Waals surface area contributed by atoms with Crippen LogP contribution in [0, 0.1) is 0 Å². The van der Waals surface area contributed by atoms with Gasteiger partial charge in [-0.25, -0.2) is 8.78 Å². The minimum Gasteiger partial charge on any atom is -0.388 e. The lowest BCUT2D eigenvalue weighted by molar-refractivity contribution is -0.00912. The van der Waals surface area contributed by atoms with Crippen molar-refractivity contribution in [3.63, 3.8) is 0 Å². The average molecular weight is 291 g/mol. The van der Waals surface area contributed by atoms with Crippen molar-refractivity contribution < 1.29 is 13.9 Å². The Morgan fingerprint density at radius 1 is 1.50 bits per heavy atom. The van der Waals surface area contributed by atoms with Crippen LogP contribution in [0.4, 0.5) is 8.78 Å². The van der Waals surface area contributed by atoms with E-state index in [0.29, 0.717) is 17.3 Å². The van der Waals surface area contributed by atoms with Crippen LogP contribution < -0.4 is 0 Å². The molecule has 1 aromatic carbocycles. The summed E-state index contributed by atoms with van der Waals surface area (Å²) in [6.07, 6.45) is 0.558. The molecule has 2 rings (SSSR count). The third-order valence-electron chi connectivity index (χ3n) is 3.14. The van der Waals surface area contributed by atoms with Crippen LogP contribution in [0.25, 0.3) is 0 Å².